The zero-order chi connectivity index (χ0) is 23.9. The van der Waals surface area contributed by atoms with E-state index in [0.717, 1.165) is 4.90 Å². The van der Waals surface area contributed by atoms with Crippen molar-refractivity contribution in [2.75, 3.05) is 18.6 Å². The second kappa shape index (κ2) is 8.85. The first-order valence-corrected chi connectivity index (χ1v) is 11.6. The Bertz CT molecular complexity index is 1220. The summed E-state index contributed by atoms with van der Waals surface area (Å²) in [4.78, 5) is 50.1. The van der Waals surface area contributed by atoms with Crippen LogP contribution in [0.15, 0.2) is 25.7 Å². The third-order valence-electron chi connectivity index (χ3n) is 4.95. The van der Waals surface area contributed by atoms with Crippen LogP contribution in [0.1, 0.15) is 5.76 Å². The molecule has 2 aromatic rings. The van der Waals surface area contributed by atoms with Crippen molar-refractivity contribution in [1.82, 2.24) is 35.6 Å². The number of fused-ring (bicyclic) bond motifs is 1. The molecule has 2 aliphatic rings. The SMILES string of the molecule is CO[C@@]1(NC(=O)Cc2o[nH]c(=O)c2Cl)C(=O)N2C(C(=O)O)=C(CSc3nnnn3C)CS[C@@H]21. The lowest BCUT2D eigenvalue weighted by molar-refractivity contribution is -0.192. The smallest absolute Gasteiger partial charge is 0.352 e. The van der Waals surface area contributed by atoms with E-state index < -0.39 is 40.9 Å². The highest BCUT2D eigenvalue weighted by Gasteiger charge is 2.66. The van der Waals surface area contributed by atoms with Gasteiger partial charge in [0, 0.05) is 25.7 Å². The Labute approximate surface area is 198 Å². The van der Waals surface area contributed by atoms with Gasteiger partial charge in [-0.25, -0.2) is 9.48 Å². The number of carboxylic acids is 1. The van der Waals surface area contributed by atoms with E-state index in [4.69, 9.17) is 20.9 Å². The minimum atomic E-state index is -1.78. The zero-order valence-electron chi connectivity index (χ0n) is 17.0. The van der Waals surface area contributed by atoms with Gasteiger partial charge in [-0.2, -0.15) is 5.16 Å². The Morgan fingerprint density at radius 2 is 2.24 bits per heavy atom. The van der Waals surface area contributed by atoms with Gasteiger partial charge in [-0.05, 0) is 16.0 Å². The fraction of sp³-hybridized carbons (Fsp3) is 0.438. The number of aromatic amines is 1. The molecule has 0 spiro atoms. The first kappa shape index (κ1) is 23.3. The highest BCUT2D eigenvalue weighted by Crippen LogP contribution is 2.47. The summed E-state index contributed by atoms with van der Waals surface area (Å²) < 4.78 is 11.7. The van der Waals surface area contributed by atoms with Crippen molar-refractivity contribution < 1.29 is 28.8 Å². The molecule has 0 radical (unpaired) electrons. The normalized spacial score (nSPS) is 22.2. The molecule has 0 aromatic carbocycles. The Kier molecular flexibility index (Phi) is 6.26. The zero-order valence-corrected chi connectivity index (χ0v) is 19.4. The molecule has 1 saturated heterocycles. The minimum absolute atomic E-state index is 0.103. The number of carbonyl (C=O) groups is 3. The summed E-state index contributed by atoms with van der Waals surface area (Å²) in [5, 5.41) is 24.8. The maximum atomic E-state index is 13.1. The van der Waals surface area contributed by atoms with Crippen LogP contribution in [0, 0.1) is 0 Å². The third kappa shape index (κ3) is 3.92. The van der Waals surface area contributed by atoms with Crippen LogP contribution in [-0.4, -0.2) is 82.9 Å². The van der Waals surface area contributed by atoms with E-state index in [-0.39, 0.29) is 28.0 Å². The highest BCUT2D eigenvalue weighted by molar-refractivity contribution is 8.01. The summed E-state index contributed by atoms with van der Waals surface area (Å²) in [5.74, 6) is -2.30. The summed E-state index contributed by atoms with van der Waals surface area (Å²) in [6, 6.07) is 0. The number of β-lactam (4-membered cyclic amide) rings is 1. The van der Waals surface area contributed by atoms with Gasteiger partial charge in [-0.15, -0.1) is 16.9 Å². The molecule has 4 rings (SSSR count). The Morgan fingerprint density at radius 1 is 1.48 bits per heavy atom. The van der Waals surface area contributed by atoms with E-state index >= 15 is 0 Å². The van der Waals surface area contributed by atoms with Crippen LogP contribution >= 0.6 is 35.1 Å². The number of hydrogen-bond acceptors (Lipinski definition) is 11. The van der Waals surface area contributed by atoms with Crippen molar-refractivity contribution in [3.63, 3.8) is 0 Å². The van der Waals surface area contributed by atoms with E-state index in [1.807, 2.05) is 5.16 Å². The summed E-state index contributed by atoms with van der Waals surface area (Å²) in [5.41, 5.74) is -2.14. The van der Waals surface area contributed by atoms with Crippen LogP contribution in [-0.2, 0) is 32.6 Å². The van der Waals surface area contributed by atoms with Gasteiger partial charge in [0.15, 0.2) is 5.76 Å². The van der Waals surface area contributed by atoms with Gasteiger partial charge >= 0.3 is 5.97 Å². The van der Waals surface area contributed by atoms with Crippen LogP contribution in [0.3, 0.4) is 0 Å². The molecular weight excluding hydrogens is 502 g/mol. The van der Waals surface area contributed by atoms with Crippen LogP contribution in [0.5, 0.6) is 0 Å². The first-order valence-electron chi connectivity index (χ1n) is 9.17. The maximum absolute atomic E-state index is 13.1. The van der Waals surface area contributed by atoms with Gasteiger partial charge in [0.1, 0.15) is 16.1 Å². The van der Waals surface area contributed by atoms with E-state index in [0.29, 0.717) is 10.7 Å². The molecule has 3 N–H and O–H groups in total. The lowest BCUT2D eigenvalue weighted by Gasteiger charge is -2.55. The van der Waals surface area contributed by atoms with E-state index in [9.17, 15) is 24.3 Å². The molecular formula is C16H16ClN7O7S2. The fourth-order valence-corrected chi connectivity index (χ4v) is 5.96. The number of ether oxygens (including phenoxy) is 1. The molecule has 0 aliphatic carbocycles. The number of H-pyrrole nitrogens is 1. The highest BCUT2D eigenvalue weighted by atomic mass is 35.5. The number of rotatable bonds is 8. The third-order valence-corrected chi connectivity index (χ3v) is 7.80. The first-order chi connectivity index (χ1) is 15.7. The van der Waals surface area contributed by atoms with Crippen LogP contribution < -0.4 is 10.9 Å². The number of thioether (sulfide) groups is 2. The van der Waals surface area contributed by atoms with Gasteiger partial charge in [0.05, 0.1) is 6.42 Å². The summed E-state index contributed by atoms with van der Waals surface area (Å²) in [7, 11) is 2.89. The number of nitrogens with one attached hydrogen (secondary N) is 2. The number of carbonyl (C=O) groups excluding carboxylic acids is 2. The Hall–Kier alpha value is -2.82. The predicted molar refractivity (Wildman–Crippen MR) is 113 cm³/mol. The second-order valence-corrected chi connectivity index (χ2v) is 9.29. The Balaban J connectivity index is 1.53. The minimum Gasteiger partial charge on any atom is -0.477 e. The van der Waals surface area contributed by atoms with E-state index in [1.165, 1.54) is 35.3 Å². The lowest BCUT2D eigenvalue weighted by Crippen LogP contribution is -2.80. The van der Waals surface area contributed by atoms with Crippen LogP contribution in [0.2, 0.25) is 5.02 Å². The van der Waals surface area contributed by atoms with Gasteiger partial charge in [0.2, 0.25) is 11.1 Å². The molecule has 0 unspecified atom stereocenters. The van der Waals surface area contributed by atoms with Crippen LogP contribution in [0.25, 0.3) is 0 Å². The average Bonchev–Trinajstić information content (AvgIpc) is 3.34. The number of tetrazole rings is 1. The maximum Gasteiger partial charge on any atom is 0.352 e. The topological polar surface area (TPSA) is 186 Å². The van der Waals surface area contributed by atoms with Crippen molar-refractivity contribution in [3.8, 4) is 0 Å². The van der Waals surface area contributed by atoms with E-state index in [2.05, 4.69) is 20.8 Å². The molecule has 176 valence electrons. The molecule has 2 aromatic heterocycles. The number of amides is 2. The number of carboxylic acid groups (broad SMARTS) is 1. The summed E-state index contributed by atoms with van der Waals surface area (Å²) in [6.45, 7) is 0. The molecule has 2 atom stereocenters. The molecule has 2 aliphatic heterocycles. The quantitative estimate of drug-likeness (QED) is 0.225. The van der Waals surface area contributed by atoms with Gasteiger partial charge in [-0.3, -0.25) is 19.3 Å². The molecule has 0 bridgehead atoms. The van der Waals surface area contributed by atoms with Gasteiger partial charge in [0.25, 0.3) is 17.2 Å². The molecule has 14 nitrogen and oxygen atoms in total. The lowest BCUT2D eigenvalue weighted by atomic mass is 9.98. The van der Waals surface area contributed by atoms with Crippen molar-refractivity contribution in [1.29, 1.82) is 0 Å². The molecule has 1 fully saturated rings. The second-order valence-electron chi connectivity index (χ2n) is 6.90. The van der Waals surface area contributed by atoms with E-state index in [1.54, 1.807) is 7.05 Å². The number of aromatic nitrogens is 5. The Morgan fingerprint density at radius 3 is 2.82 bits per heavy atom. The van der Waals surface area contributed by atoms with Crippen LogP contribution in [0.4, 0.5) is 0 Å². The van der Waals surface area contributed by atoms with Gasteiger partial charge < -0.3 is 19.7 Å². The number of methoxy groups -OCH3 is 1. The molecule has 0 saturated carbocycles. The molecule has 17 heteroatoms. The largest absolute Gasteiger partial charge is 0.477 e. The predicted octanol–water partition coefficient (Wildman–Crippen LogP) is -0.808. The summed E-state index contributed by atoms with van der Waals surface area (Å²) >= 11 is 8.25. The molecule has 33 heavy (non-hydrogen) atoms. The number of aryl methyl sites for hydroxylation is 1. The van der Waals surface area contributed by atoms with Crippen molar-refractivity contribution in [3.05, 3.63) is 32.4 Å². The average molecular weight is 518 g/mol. The number of hydrogen-bond donors (Lipinski definition) is 3. The monoisotopic (exact) mass is 517 g/mol. The van der Waals surface area contributed by atoms with Crippen molar-refractivity contribution in [2.45, 2.75) is 22.7 Å². The fourth-order valence-electron chi connectivity index (χ4n) is 3.38. The molecule has 2 amide bonds. The number of halogens is 1. The molecule has 4 heterocycles. The number of aliphatic carboxylic acids is 1. The standard InChI is InChI=1S/C16H16ClN7O7S2/c1-23-15(19-21-22-23)33-5-6-4-32-14-16(30-2,13(29)24(14)10(6)12(27)28)18-8(25)3-7-9(17)11(26)20-31-7/h14H,3-5H2,1-2H3,(H,18,25)(H,20,26)(H,27,28)/t14-,16+/m1/s1. The van der Waals surface area contributed by atoms with Crippen molar-refractivity contribution in [2.24, 2.45) is 7.05 Å². The number of nitrogens with zero attached hydrogens (tertiary/aromatic N) is 5. The van der Waals surface area contributed by atoms with Gasteiger partial charge in [-0.1, -0.05) is 23.4 Å². The summed E-state index contributed by atoms with van der Waals surface area (Å²) in [6.07, 6.45) is -0.428. The van der Waals surface area contributed by atoms with Crippen molar-refractivity contribution >= 4 is 52.9 Å².